The molecule has 0 saturated heterocycles. The van der Waals surface area contributed by atoms with Crippen LogP contribution in [0.25, 0.3) is 0 Å². The number of benzene rings is 2. The van der Waals surface area contributed by atoms with E-state index >= 15 is 0 Å². The van der Waals surface area contributed by atoms with Crippen molar-refractivity contribution in [3.8, 4) is 0 Å². The largest absolute Gasteiger partial charge is 0.387 e. The molecular formula is C19H24N2O2. The first-order chi connectivity index (χ1) is 11.1. The fourth-order valence-electron chi connectivity index (χ4n) is 2.43. The molecule has 0 aliphatic carbocycles. The fraction of sp³-hybridized carbons (Fsp3) is 0.316. The quantitative estimate of drug-likeness (QED) is 0.701. The van der Waals surface area contributed by atoms with Gasteiger partial charge in [0.2, 0.25) is 5.91 Å². The second-order valence-corrected chi connectivity index (χ2v) is 5.84. The predicted octanol–water partition coefficient (Wildman–Crippen LogP) is 2.43. The number of hydrogen-bond acceptors (Lipinski definition) is 3. The molecule has 4 heteroatoms. The Labute approximate surface area is 137 Å². The predicted molar refractivity (Wildman–Crippen MR) is 92.1 cm³/mol. The molecule has 0 aliphatic rings. The Balaban J connectivity index is 1.74. The monoisotopic (exact) mass is 312 g/mol. The van der Waals surface area contributed by atoms with Crippen LogP contribution in [0.2, 0.25) is 0 Å². The van der Waals surface area contributed by atoms with Crippen LogP contribution in [-0.4, -0.2) is 23.6 Å². The minimum atomic E-state index is -0.492. The van der Waals surface area contributed by atoms with Gasteiger partial charge in [0, 0.05) is 18.2 Å². The van der Waals surface area contributed by atoms with Crippen LogP contribution in [-0.2, 0) is 6.42 Å². The number of carbonyl (C=O) groups is 1. The van der Waals surface area contributed by atoms with Gasteiger partial charge in [-0.2, -0.15) is 0 Å². The highest BCUT2D eigenvalue weighted by molar-refractivity contribution is 5.92. The summed E-state index contributed by atoms with van der Waals surface area (Å²) in [6.07, 6.45) is 1.38. The van der Waals surface area contributed by atoms with E-state index in [0.717, 1.165) is 18.4 Å². The van der Waals surface area contributed by atoms with Crippen LogP contribution in [0.1, 0.15) is 40.9 Å². The number of carbonyl (C=O) groups excluding carboxylic acids is 1. The van der Waals surface area contributed by atoms with Gasteiger partial charge in [-0.1, -0.05) is 42.5 Å². The van der Waals surface area contributed by atoms with Gasteiger partial charge in [0.25, 0.3) is 0 Å². The minimum absolute atomic E-state index is 0.296. The highest BCUT2D eigenvalue weighted by Gasteiger charge is 2.09. The minimum Gasteiger partial charge on any atom is -0.387 e. The Bertz CT molecular complexity index is 611. The second kappa shape index (κ2) is 8.46. The summed E-state index contributed by atoms with van der Waals surface area (Å²) >= 11 is 0. The molecule has 0 spiro atoms. The molecule has 4 nitrogen and oxygen atoms in total. The molecule has 0 radical (unpaired) electrons. The molecule has 0 heterocycles. The average Bonchev–Trinajstić information content (AvgIpc) is 2.59. The molecule has 0 aliphatic heterocycles. The molecule has 0 aromatic heterocycles. The third kappa shape index (κ3) is 5.51. The van der Waals surface area contributed by atoms with Gasteiger partial charge in [-0.05, 0) is 43.0 Å². The molecule has 2 aromatic carbocycles. The van der Waals surface area contributed by atoms with Gasteiger partial charge in [-0.3, -0.25) is 4.79 Å². The number of hydrogen-bond donors (Lipinski definition) is 3. The van der Waals surface area contributed by atoms with Crippen LogP contribution in [0.15, 0.2) is 54.6 Å². The van der Waals surface area contributed by atoms with Gasteiger partial charge in [0.05, 0.1) is 6.10 Å². The van der Waals surface area contributed by atoms with Crippen LogP contribution >= 0.6 is 0 Å². The normalized spacial score (nSPS) is 13.5. The van der Waals surface area contributed by atoms with Crippen molar-refractivity contribution in [2.24, 2.45) is 5.73 Å². The molecule has 2 atom stereocenters. The molecule has 0 fully saturated rings. The van der Waals surface area contributed by atoms with Gasteiger partial charge < -0.3 is 16.2 Å². The van der Waals surface area contributed by atoms with E-state index in [0.29, 0.717) is 18.2 Å². The van der Waals surface area contributed by atoms with Crippen LogP contribution in [0.5, 0.6) is 0 Å². The lowest BCUT2D eigenvalue weighted by Gasteiger charge is -2.17. The molecule has 0 saturated carbocycles. The summed E-state index contributed by atoms with van der Waals surface area (Å²) in [5.74, 6) is -0.401. The molecular weight excluding hydrogens is 288 g/mol. The van der Waals surface area contributed by atoms with Crippen molar-refractivity contribution in [1.29, 1.82) is 0 Å². The smallest absolute Gasteiger partial charge is 0.248 e. The van der Waals surface area contributed by atoms with E-state index in [9.17, 15) is 9.90 Å². The Hall–Kier alpha value is -2.17. The zero-order valence-electron chi connectivity index (χ0n) is 13.4. The molecule has 122 valence electrons. The second-order valence-electron chi connectivity index (χ2n) is 5.84. The van der Waals surface area contributed by atoms with E-state index in [1.807, 2.05) is 42.5 Å². The summed E-state index contributed by atoms with van der Waals surface area (Å²) in [4.78, 5) is 11.0. The van der Waals surface area contributed by atoms with E-state index in [-0.39, 0.29) is 0 Å². The molecule has 23 heavy (non-hydrogen) atoms. The number of nitrogens with one attached hydrogen (secondary N) is 1. The maximum Gasteiger partial charge on any atom is 0.248 e. The maximum absolute atomic E-state index is 11.0. The summed E-state index contributed by atoms with van der Waals surface area (Å²) in [5.41, 5.74) is 7.86. The zero-order valence-corrected chi connectivity index (χ0v) is 13.4. The van der Waals surface area contributed by atoms with E-state index in [1.165, 1.54) is 5.56 Å². The number of aryl methyl sites for hydroxylation is 1. The number of primary amides is 1. The first kappa shape index (κ1) is 17.2. The number of rotatable bonds is 8. The van der Waals surface area contributed by atoms with E-state index in [2.05, 4.69) is 12.2 Å². The molecule has 2 aromatic rings. The molecule has 0 bridgehead atoms. The standard InChI is InChI=1S/C19H24N2O2/c1-14(21-13-18(22)16-5-3-2-4-6-16)7-8-15-9-11-17(12-10-15)19(20)23/h2-6,9-12,14,18,21-22H,7-8,13H2,1H3,(H2,20,23)/t14-,18-/m0/s1. The topological polar surface area (TPSA) is 75.4 Å². The van der Waals surface area contributed by atoms with Crippen LogP contribution in [0, 0.1) is 0 Å². The first-order valence-electron chi connectivity index (χ1n) is 7.91. The van der Waals surface area contributed by atoms with Crippen molar-refractivity contribution >= 4 is 5.91 Å². The van der Waals surface area contributed by atoms with Crippen LogP contribution in [0.4, 0.5) is 0 Å². The zero-order chi connectivity index (χ0) is 16.7. The van der Waals surface area contributed by atoms with Gasteiger partial charge in [-0.15, -0.1) is 0 Å². The summed E-state index contributed by atoms with van der Waals surface area (Å²) in [6, 6.07) is 17.3. The average molecular weight is 312 g/mol. The van der Waals surface area contributed by atoms with Crippen LogP contribution < -0.4 is 11.1 Å². The number of aliphatic hydroxyl groups excluding tert-OH is 1. The summed E-state index contributed by atoms with van der Waals surface area (Å²) in [6.45, 7) is 2.64. The van der Waals surface area contributed by atoms with E-state index in [4.69, 9.17) is 5.73 Å². The van der Waals surface area contributed by atoms with Crippen molar-refractivity contribution in [3.05, 3.63) is 71.3 Å². The summed E-state index contributed by atoms with van der Waals surface area (Å²) in [5, 5.41) is 13.5. The molecule has 2 rings (SSSR count). The SMILES string of the molecule is C[C@@H](CCc1ccc(C(N)=O)cc1)NC[C@H](O)c1ccccc1. The Kier molecular flexibility index (Phi) is 6.32. The highest BCUT2D eigenvalue weighted by atomic mass is 16.3. The number of amides is 1. The third-order valence-corrected chi connectivity index (χ3v) is 3.95. The summed E-state index contributed by atoms with van der Waals surface area (Å²) < 4.78 is 0. The lowest BCUT2D eigenvalue weighted by Crippen LogP contribution is -2.30. The molecule has 4 N–H and O–H groups in total. The van der Waals surface area contributed by atoms with Gasteiger partial charge in [-0.25, -0.2) is 0 Å². The third-order valence-electron chi connectivity index (χ3n) is 3.95. The Morgan fingerprint density at radius 3 is 2.39 bits per heavy atom. The summed E-state index contributed by atoms with van der Waals surface area (Å²) in [7, 11) is 0. The van der Waals surface area contributed by atoms with E-state index in [1.54, 1.807) is 12.1 Å². The molecule has 0 unspecified atom stereocenters. The van der Waals surface area contributed by atoms with E-state index < -0.39 is 12.0 Å². The van der Waals surface area contributed by atoms with Crippen LogP contribution in [0.3, 0.4) is 0 Å². The van der Waals surface area contributed by atoms with Gasteiger partial charge in [0.1, 0.15) is 0 Å². The number of nitrogens with two attached hydrogens (primary N) is 1. The van der Waals surface area contributed by atoms with Crippen molar-refractivity contribution in [1.82, 2.24) is 5.32 Å². The van der Waals surface area contributed by atoms with Crippen molar-refractivity contribution in [3.63, 3.8) is 0 Å². The van der Waals surface area contributed by atoms with Crippen molar-refractivity contribution in [2.75, 3.05) is 6.54 Å². The molecule has 1 amide bonds. The van der Waals surface area contributed by atoms with Crippen molar-refractivity contribution in [2.45, 2.75) is 31.9 Å². The first-order valence-corrected chi connectivity index (χ1v) is 7.91. The lowest BCUT2D eigenvalue weighted by molar-refractivity contribution is 0.100. The Morgan fingerprint density at radius 2 is 1.78 bits per heavy atom. The van der Waals surface area contributed by atoms with Crippen molar-refractivity contribution < 1.29 is 9.90 Å². The van der Waals surface area contributed by atoms with Gasteiger partial charge in [0.15, 0.2) is 0 Å². The highest BCUT2D eigenvalue weighted by Crippen LogP contribution is 2.12. The maximum atomic E-state index is 11.0. The lowest BCUT2D eigenvalue weighted by atomic mass is 10.0. The number of aliphatic hydroxyl groups is 1. The Morgan fingerprint density at radius 1 is 1.13 bits per heavy atom. The fourth-order valence-corrected chi connectivity index (χ4v) is 2.43. The van der Waals surface area contributed by atoms with Gasteiger partial charge >= 0.3 is 0 Å².